The highest BCUT2D eigenvalue weighted by molar-refractivity contribution is 5.31. The molecule has 3 rings (SSSR count). The van der Waals surface area contributed by atoms with E-state index in [0.29, 0.717) is 17.8 Å². The molecule has 3 heterocycles. The molecule has 0 spiro atoms. The van der Waals surface area contributed by atoms with Crippen molar-refractivity contribution in [2.45, 2.75) is 0 Å². The maximum atomic E-state index is 12.7. The summed E-state index contributed by atoms with van der Waals surface area (Å²) in [5.41, 5.74) is 0. The average Bonchev–Trinajstić information content (AvgIpc) is 2.78. The quantitative estimate of drug-likeness (QED) is 0.719. The number of hydrogen-bond acceptors (Lipinski definition) is 4. The molecular weight excluding hydrogens is 195 g/mol. The maximum absolute atomic E-state index is 12.7. The normalized spacial score (nSPS) is 29.5. The third kappa shape index (κ3) is 1.56. The third-order valence-corrected chi connectivity index (χ3v) is 3.28. The minimum atomic E-state index is -0.375. The van der Waals surface area contributed by atoms with Crippen molar-refractivity contribution in [1.29, 1.82) is 0 Å². The minimum Gasteiger partial charge on any atom is -0.340 e. The second kappa shape index (κ2) is 3.41. The Labute approximate surface area is 87.5 Å². The fourth-order valence-electron chi connectivity index (χ4n) is 2.49. The first-order chi connectivity index (χ1) is 7.33. The van der Waals surface area contributed by atoms with E-state index in [1.807, 2.05) is 0 Å². The van der Waals surface area contributed by atoms with Gasteiger partial charge in [0.05, 0.1) is 12.4 Å². The van der Waals surface area contributed by atoms with Crippen molar-refractivity contribution in [3.8, 4) is 0 Å². The molecule has 1 aromatic heterocycles. The molecular formula is C10H13FN4. The Morgan fingerprint density at radius 3 is 2.40 bits per heavy atom. The Hall–Kier alpha value is -1.23. The van der Waals surface area contributed by atoms with Crippen molar-refractivity contribution >= 4 is 5.95 Å². The molecule has 2 atom stereocenters. The summed E-state index contributed by atoms with van der Waals surface area (Å²) < 4.78 is 12.7. The SMILES string of the molecule is Fc1cnc(N2CC3CNCC3C2)nc1. The largest absolute Gasteiger partial charge is 0.340 e. The van der Waals surface area contributed by atoms with Crippen LogP contribution in [-0.4, -0.2) is 36.1 Å². The predicted molar refractivity (Wildman–Crippen MR) is 54.1 cm³/mol. The molecule has 2 aliphatic heterocycles. The Kier molecular flexibility index (Phi) is 2.05. The monoisotopic (exact) mass is 208 g/mol. The summed E-state index contributed by atoms with van der Waals surface area (Å²) >= 11 is 0. The molecule has 2 saturated heterocycles. The van der Waals surface area contributed by atoms with Crippen LogP contribution < -0.4 is 10.2 Å². The highest BCUT2D eigenvalue weighted by Crippen LogP contribution is 2.28. The molecule has 5 heteroatoms. The van der Waals surface area contributed by atoms with Crippen molar-refractivity contribution in [3.05, 3.63) is 18.2 Å². The van der Waals surface area contributed by atoms with Crippen molar-refractivity contribution in [2.24, 2.45) is 11.8 Å². The molecule has 15 heavy (non-hydrogen) atoms. The Morgan fingerprint density at radius 2 is 1.80 bits per heavy atom. The number of fused-ring (bicyclic) bond motifs is 1. The summed E-state index contributed by atoms with van der Waals surface area (Å²) in [7, 11) is 0. The Bertz CT molecular complexity index is 341. The van der Waals surface area contributed by atoms with Crippen LogP contribution in [0.5, 0.6) is 0 Å². The smallest absolute Gasteiger partial charge is 0.225 e. The second-order valence-electron chi connectivity index (χ2n) is 4.28. The van der Waals surface area contributed by atoms with Crippen molar-refractivity contribution in [2.75, 3.05) is 31.1 Å². The van der Waals surface area contributed by atoms with E-state index in [1.54, 1.807) is 0 Å². The molecule has 2 aliphatic rings. The summed E-state index contributed by atoms with van der Waals surface area (Å²) in [4.78, 5) is 10.2. The van der Waals surface area contributed by atoms with Gasteiger partial charge in [-0.1, -0.05) is 0 Å². The van der Waals surface area contributed by atoms with E-state index in [4.69, 9.17) is 0 Å². The number of hydrogen-bond donors (Lipinski definition) is 1. The lowest BCUT2D eigenvalue weighted by atomic mass is 10.0. The van der Waals surface area contributed by atoms with Crippen LogP contribution in [0.4, 0.5) is 10.3 Å². The lowest BCUT2D eigenvalue weighted by Gasteiger charge is -2.16. The van der Waals surface area contributed by atoms with Crippen LogP contribution in [0.15, 0.2) is 12.4 Å². The third-order valence-electron chi connectivity index (χ3n) is 3.28. The molecule has 4 nitrogen and oxygen atoms in total. The lowest BCUT2D eigenvalue weighted by molar-refractivity contribution is 0.533. The summed E-state index contributed by atoms with van der Waals surface area (Å²) in [5, 5.41) is 3.38. The van der Waals surface area contributed by atoms with Gasteiger partial charge in [0.15, 0.2) is 5.82 Å². The second-order valence-corrected chi connectivity index (χ2v) is 4.28. The van der Waals surface area contributed by atoms with E-state index in [-0.39, 0.29) is 5.82 Å². The van der Waals surface area contributed by atoms with E-state index >= 15 is 0 Å². The van der Waals surface area contributed by atoms with Gasteiger partial charge in [-0.05, 0) is 11.8 Å². The van der Waals surface area contributed by atoms with Crippen LogP contribution in [0.1, 0.15) is 0 Å². The van der Waals surface area contributed by atoms with Gasteiger partial charge in [-0.2, -0.15) is 0 Å². The summed E-state index contributed by atoms with van der Waals surface area (Å²) in [5.74, 6) is 1.70. The highest BCUT2D eigenvalue weighted by atomic mass is 19.1. The van der Waals surface area contributed by atoms with Crippen LogP contribution >= 0.6 is 0 Å². The van der Waals surface area contributed by atoms with Gasteiger partial charge in [-0.15, -0.1) is 0 Å². The topological polar surface area (TPSA) is 41.1 Å². The van der Waals surface area contributed by atoms with Gasteiger partial charge >= 0.3 is 0 Å². The molecule has 1 aromatic rings. The molecule has 2 unspecified atom stereocenters. The first-order valence-corrected chi connectivity index (χ1v) is 5.26. The van der Waals surface area contributed by atoms with Crippen molar-refractivity contribution in [3.63, 3.8) is 0 Å². The fraction of sp³-hybridized carbons (Fsp3) is 0.600. The molecule has 0 bridgehead atoms. The zero-order valence-electron chi connectivity index (χ0n) is 8.36. The summed E-state index contributed by atoms with van der Waals surface area (Å²) in [6, 6.07) is 0. The zero-order valence-corrected chi connectivity index (χ0v) is 8.36. The number of aromatic nitrogens is 2. The van der Waals surface area contributed by atoms with E-state index in [9.17, 15) is 4.39 Å². The maximum Gasteiger partial charge on any atom is 0.225 e. The predicted octanol–water partition coefficient (Wildman–Crippen LogP) is 0.271. The van der Waals surface area contributed by atoms with Crippen LogP contribution in [0.25, 0.3) is 0 Å². The number of nitrogens with one attached hydrogen (secondary N) is 1. The van der Waals surface area contributed by atoms with Crippen LogP contribution in [-0.2, 0) is 0 Å². The standard InChI is InChI=1S/C10H13FN4/c11-9-3-13-10(14-4-9)15-5-7-1-12-2-8(7)6-15/h3-4,7-8,12H,1-2,5-6H2. The van der Waals surface area contributed by atoms with Gasteiger partial charge in [0.25, 0.3) is 0 Å². The number of rotatable bonds is 1. The highest BCUT2D eigenvalue weighted by Gasteiger charge is 2.36. The van der Waals surface area contributed by atoms with Gasteiger partial charge in [0.2, 0.25) is 5.95 Å². The number of halogens is 1. The summed E-state index contributed by atoms with van der Waals surface area (Å²) in [6.07, 6.45) is 2.46. The molecule has 0 aromatic carbocycles. The first kappa shape index (κ1) is 9.03. The van der Waals surface area contributed by atoms with Gasteiger partial charge < -0.3 is 10.2 Å². The summed E-state index contributed by atoms with van der Waals surface area (Å²) in [6.45, 7) is 4.15. The van der Waals surface area contributed by atoms with Crippen molar-refractivity contribution in [1.82, 2.24) is 15.3 Å². The molecule has 0 amide bonds. The van der Waals surface area contributed by atoms with Gasteiger partial charge in [-0.25, -0.2) is 14.4 Å². The molecule has 0 radical (unpaired) electrons. The van der Waals surface area contributed by atoms with Gasteiger partial charge in [0, 0.05) is 26.2 Å². The minimum absolute atomic E-state index is 0.375. The van der Waals surface area contributed by atoms with E-state index in [1.165, 1.54) is 12.4 Å². The molecule has 0 aliphatic carbocycles. The van der Waals surface area contributed by atoms with Crippen LogP contribution in [0.2, 0.25) is 0 Å². The lowest BCUT2D eigenvalue weighted by Crippen LogP contribution is -2.26. The average molecular weight is 208 g/mol. The first-order valence-electron chi connectivity index (χ1n) is 5.26. The number of nitrogens with zero attached hydrogens (tertiary/aromatic N) is 3. The van der Waals surface area contributed by atoms with Crippen LogP contribution in [0, 0.1) is 17.7 Å². The molecule has 2 fully saturated rings. The molecule has 80 valence electrons. The number of anilines is 1. The van der Waals surface area contributed by atoms with Crippen molar-refractivity contribution < 1.29 is 4.39 Å². The Morgan fingerprint density at radius 1 is 1.20 bits per heavy atom. The fourth-order valence-corrected chi connectivity index (χ4v) is 2.49. The van der Waals surface area contributed by atoms with Crippen LogP contribution in [0.3, 0.4) is 0 Å². The molecule has 0 saturated carbocycles. The molecule has 1 N–H and O–H groups in total. The van der Waals surface area contributed by atoms with Gasteiger partial charge in [0.1, 0.15) is 0 Å². The van der Waals surface area contributed by atoms with Gasteiger partial charge in [-0.3, -0.25) is 0 Å². The Balaban J connectivity index is 1.76. The zero-order chi connectivity index (χ0) is 10.3. The van der Waals surface area contributed by atoms with E-state index in [2.05, 4.69) is 20.2 Å². The van der Waals surface area contributed by atoms with E-state index in [0.717, 1.165) is 26.2 Å². The van der Waals surface area contributed by atoms with E-state index < -0.39 is 0 Å².